The molecule has 0 radical (unpaired) electrons. The van der Waals surface area contributed by atoms with Crippen LogP contribution in [-0.2, 0) is 17.6 Å². The molecule has 0 saturated carbocycles. The third kappa shape index (κ3) is 3.55. The van der Waals surface area contributed by atoms with Crippen molar-refractivity contribution in [2.75, 3.05) is 38.6 Å². The summed E-state index contributed by atoms with van der Waals surface area (Å²) >= 11 is 0. The van der Waals surface area contributed by atoms with Crippen molar-refractivity contribution < 1.29 is 4.79 Å². The molecular weight excluding hydrogens is 238 g/mol. The van der Waals surface area contributed by atoms with E-state index in [9.17, 15) is 4.79 Å². The van der Waals surface area contributed by atoms with E-state index in [-0.39, 0.29) is 5.91 Å². The molecule has 0 aliphatic carbocycles. The molecule has 1 aromatic rings. The lowest BCUT2D eigenvalue weighted by Gasteiger charge is -2.10. The van der Waals surface area contributed by atoms with Crippen molar-refractivity contribution in [2.45, 2.75) is 19.3 Å². The lowest BCUT2D eigenvalue weighted by atomic mass is 10.1. The zero-order valence-corrected chi connectivity index (χ0v) is 11.8. The average molecular weight is 261 g/mol. The monoisotopic (exact) mass is 261 g/mol. The van der Waals surface area contributed by atoms with Gasteiger partial charge in [0.25, 0.3) is 0 Å². The number of likely N-dealkylation sites (N-methyl/N-ethyl adjacent to an activating group) is 1. The summed E-state index contributed by atoms with van der Waals surface area (Å²) < 4.78 is 0. The van der Waals surface area contributed by atoms with Gasteiger partial charge in [-0.15, -0.1) is 0 Å². The molecule has 0 atom stereocenters. The zero-order valence-electron chi connectivity index (χ0n) is 11.8. The SMILES string of the molecule is CNCCCNCCc1ccc2c(c1)CC(=O)N2C. The third-order valence-electron chi connectivity index (χ3n) is 3.59. The minimum Gasteiger partial charge on any atom is -0.320 e. The summed E-state index contributed by atoms with van der Waals surface area (Å²) in [6, 6.07) is 6.37. The number of carbonyl (C=O) groups is 1. The van der Waals surface area contributed by atoms with E-state index in [1.165, 1.54) is 11.1 Å². The van der Waals surface area contributed by atoms with Gasteiger partial charge < -0.3 is 15.5 Å². The van der Waals surface area contributed by atoms with Crippen LogP contribution in [0.1, 0.15) is 17.5 Å². The van der Waals surface area contributed by atoms with Crippen molar-refractivity contribution in [1.29, 1.82) is 0 Å². The Labute approximate surface area is 115 Å². The second-order valence-corrected chi connectivity index (χ2v) is 5.05. The summed E-state index contributed by atoms with van der Waals surface area (Å²) in [4.78, 5) is 13.4. The van der Waals surface area contributed by atoms with Gasteiger partial charge in [-0.3, -0.25) is 4.79 Å². The van der Waals surface area contributed by atoms with E-state index in [1.807, 2.05) is 14.1 Å². The van der Waals surface area contributed by atoms with Crippen LogP contribution in [0.2, 0.25) is 0 Å². The van der Waals surface area contributed by atoms with Gasteiger partial charge in [0, 0.05) is 12.7 Å². The highest BCUT2D eigenvalue weighted by molar-refractivity contribution is 6.00. The van der Waals surface area contributed by atoms with Crippen molar-refractivity contribution in [3.8, 4) is 0 Å². The standard InChI is InChI=1S/C15H23N3O/c1-16-7-3-8-17-9-6-12-4-5-14-13(10-12)11-15(19)18(14)2/h4-5,10,16-17H,3,6-9,11H2,1-2H3. The second-order valence-electron chi connectivity index (χ2n) is 5.05. The minimum absolute atomic E-state index is 0.192. The molecule has 4 heteroatoms. The largest absolute Gasteiger partial charge is 0.320 e. The summed E-state index contributed by atoms with van der Waals surface area (Å²) in [7, 11) is 3.82. The van der Waals surface area contributed by atoms with Gasteiger partial charge >= 0.3 is 0 Å². The summed E-state index contributed by atoms with van der Waals surface area (Å²) in [5.41, 5.74) is 3.54. The fourth-order valence-electron chi connectivity index (χ4n) is 2.43. The molecule has 0 aromatic heterocycles. The molecule has 19 heavy (non-hydrogen) atoms. The Kier molecular flexibility index (Phi) is 4.93. The number of fused-ring (bicyclic) bond motifs is 1. The number of anilines is 1. The van der Waals surface area contributed by atoms with Crippen LogP contribution in [0, 0.1) is 0 Å². The summed E-state index contributed by atoms with van der Waals surface area (Å²) in [6.45, 7) is 3.10. The predicted octanol–water partition coefficient (Wildman–Crippen LogP) is 0.947. The molecule has 1 heterocycles. The van der Waals surface area contributed by atoms with E-state index < -0.39 is 0 Å². The molecular formula is C15H23N3O. The molecule has 1 aromatic carbocycles. The molecule has 4 nitrogen and oxygen atoms in total. The second kappa shape index (κ2) is 6.68. The van der Waals surface area contributed by atoms with Crippen molar-refractivity contribution in [3.63, 3.8) is 0 Å². The van der Waals surface area contributed by atoms with Crippen LogP contribution in [0.4, 0.5) is 5.69 Å². The normalized spacial score (nSPS) is 14.0. The molecule has 0 saturated heterocycles. The molecule has 1 amide bonds. The van der Waals surface area contributed by atoms with Crippen LogP contribution < -0.4 is 15.5 Å². The molecule has 104 valence electrons. The van der Waals surface area contributed by atoms with Crippen LogP contribution in [0.25, 0.3) is 0 Å². The van der Waals surface area contributed by atoms with Crippen LogP contribution in [0.5, 0.6) is 0 Å². The number of nitrogens with zero attached hydrogens (tertiary/aromatic N) is 1. The first-order valence-corrected chi connectivity index (χ1v) is 6.96. The Hall–Kier alpha value is -1.39. The van der Waals surface area contributed by atoms with Crippen LogP contribution >= 0.6 is 0 Å². The highest BCUT2D eigenvalue weighted by Gasteiger charge is 2.23. The van der Waals surface area contributed by atoms with Crippen LogP contribution in [0.3, 0.4) is 0 Å². The Morgan fingerprint density at radius 3 is 2.89 bits per heavy atom. The number of benzene rings is 1. The van der Waals surface area contributed by atoms with Crippen molar-refractivity contribution >= 4 is 11.6 Å². The van der Waals surface area contributed by atoms with Crippen LogP contribution in [0.15, 0.2) is 18.2 Å². The van der Waals surface area contributed by atoms with Crippen LogP contribution in [-0.4, -0.2) is 39.6 Å². The number of amides is 1. The third-order valence-corrected chi connectivity index (χ3v) is 3.59. The summed E-state index contributed by atoms with van der Waals surface area (Å²) in [5.74, 6) is 0.192. The van der Waals surface area contributed by atoms with Gasteiger partial charge in [-0.1, -0.05) is 12.1 Å². The number of hydrogen-bond donors (Lipinski definition) is 2. The first kappa shape index (κ1) is 14.0. The van der Waals surface area contributed by atoms with Gasteiger partial charge in [0.2, 0.25) is 5.91 Å². The van der Waals surface area contributed by atoms with E-state index in [2.05, 4.69) is 28.8 Å². The highest BCUT2D eigenvalue weighted by Crippen LogP contribution is 2.28. The van der Waals surface area contributed by atoms with Gasteiger partial charge in [-0.05, 0) is 56.7 Å². The van der Waals surface area contributed by atoms with Gasteiger partial charge in [-0.2, -0.15) is 0 Å². The summed E-state index contributed by atoms with van der Waals surface area (Å²) in [6.07, 6.45) is 2.72. The summed E-state index contributed by atoms with van der Waals surface area (Å²) in [5, 5.41) is 6.57. The van der Waals surface area contributed by atoms with Crippen molar-refractivity contribution in [2.24, 2.45) is 0 Å². The minimum atomic E-state index is 0.192. The van der Waals surface area contributed by atoms with E-state index in [0.29, 0.717) is 6.42 Å². The number of rotatable bonds is 7. The maximum atomic E-state index is 11.6. The lowest BCUT2D eigenvalue weighted by molar-refractivity contribution is -0.117. The maximum Gasteiger partial charge on any atom is 0.231 e. The van der Waals surface area contributed by atoms with Gasteiger partial charge in [0.05, 0.1) is 6.42 Å². The van der Waals surface area contributed by atoms with Crippen molar-refractivity contribution in [3.05, 3.63) is 29.3 Å². The van der Waals surface area contributed by atoms with Crippen molar-refractivity contribution in [1.82, 2.24) is 10.6 Å². The first-order valence-electron chi connectivity index (χ1n) is 6.96. The Balaban J connectivity index is 1.80. The molecule has 0 spiro atoms. The fourth-order valence-corrected chi connectivity index (χ4v) is 2.43. The predicted molar refractivity (Wildman–Crippen MR) is 78.7 cm³/mol. The van der Waals surface area contributed by atoms with Gasteiger partial charge in [-0.25, -0.2) is 0 Å². The quantitative estimate of drug-likeness (QED) is 0.718. The maximum absolute atomic E-state index is 11.6. The highest BCUT2D eigenvalue weighted by atomic mass is 16.2. The number of hydrogen-bond acceptors (Lipinski definition) is 3. The van der Waals surface area contributed by atoms with E-state index >= 15 is 0 Å². The van der Waals surface area contributed by atoms with E-state index in [4.69, 9.17) is 0 Å². The molecule has 0 fully saturated rings. The Morgan fingerprint density at radius 1 is 1.26 bits per heavy atom. The molecule has 2 rings (SSSR count). The molecule has 2 N–H and O–H groups in total. The fraction of sp³-hybridized carbons (Fsp3) is 0.533. The molecule has 1 aliphatic rings. The smallest absolute Gasteiger partial charge is 0.231 e. The lowest BCUT2D eigenvalue weighted by Crippen LogP contribution is -2.22. The molecule has 0 bridgehead atoms. The average Bonchev–Trinajstić information content (AvgIpc) is 2.69. The number of carbonyl (C=O) groups excluding carboxylic acids is 1. The van der Waals surface area contributed by atoms with E-state index in [0.717, 1.165) is 38.2 Å². The zero-order chi connectivity index (χ0) is 13.7. The Morgan fingerprint density at radius 2 is 2.11 bits per heavy atom. The number of nitrogens with one attached hydrogen (secondary N) is 2. The van der Waals surface area contributed by atoms with Gasteiger partial charge in [0.15, 0.2) is 0 Å². The van der Waals surface area contributed by atoms with Gasteiger partial charge in [0.1, 0.15) is 0 Å². The van der Waals surface area contributed by atoms with E-state index in [1.54, 1.807) is 4.90 Å². The first-order chi connectivity index (χ1) is 9.22. The topological polar surface area (TPSA) is 44.4 Å². The Bertz CT molecular complexity index is 445. The molecule has 1 aliphatic heterocycles. The molecule has 0 unspecified atom stereocenters.